The minimum atomic E-state index is 0. The maximum absolute atomic E-state index is 5.13. The fraction of sp³-hybridized carbons (Fsp3) is 0.550. The number of aliphatic imine (C=N–C) groups is 1. The summed E-state index contributed by atoms with van der Waals surface area (Å²) in [6.45, 7) is 10.6. The molecule has 2 rings (SSSR count). The second-order valence-electron chi connectivity index (χ2n) is 6.30. The van der Waals surface area contributed by atoms with Gasteiger partial charge in [-0.3, -0.25) is 4.99 Å². The van der Waals surface area contributed by atoms with Crippen molar-refractivity contribution in [1.82, 2.24) is 20.8 Å². The number of guanidine groups is 1. The first-order valence-electron chi connectivity index (χ1n) is 9.84. The Labute approximate surface area is 185 Å². The normalized spacial score (nSPS) is 11.0. The highest BCUT2D eigenvalue weighted by Gasteiger charge is 2.04. The van der Waals surface area contributed by atoms with Crippen LogP contribution in [0.4, 0.5) is 5.69 Å². The third-order valence-corrected chi connectivity index (χ3v) is 4.13. The molecule has 2 N–H and O–H groups in total. The monoisotopic (exact) mass is 500 g/mol. The Hall–Kier alpha value is -1.84. The summed E-state index contributed by atoms with van der Waals surface area (Å²) in [6, 6.07) is 10.5. The van der Waals surface area contributed by atoms with E-state index < -0.39 is 0 Å². The summed E-state index contributed by atoms with van der Waals surface area (Å²) in [5, 5.41) is 10.5. The lowest BCUT2D eigenvalue weighted by Gasteiger charge is -2.22. The zero-order valence-electron chi connectivity index (χ0n) is 17.1. The van der Waals surface area contributed by atoms with E-state index in [1.54, 1.807) is 0 Å². The van der Waals surface area contributed by atoms with Gasteiger partial charge in [0, 0.05) is 44.8 Å². The van der Waals surface area contributed by atoms with Gasteiger partial charge in [0.15, 0.2) is 11.8 Å². The Morgan fingerprint density at radius 3 is 2.57 bits per heavy atom. The Bertz CT molecular complexity index is 676. The highest BCUT2D eigenvalue weighted by Crippen LogP contribution is 2.12. The molecule has 156 valence electrons. The highest BCUT2D eigenvalue weighted by atomic mass is 127. The van der Waals surface area contributed by atoms with Crippen molar-refractivity contribution in [1.29, 1.82) is 0 Å². The molecule has 0 fully saturated rings. The average molecular weight is 500 g/mol. The molecule has 0 radical (unpaired) electrons. The zero-order chi connectivity index (χ0) is 19.3. The van der Waals surface area contributed by atoms with Gasteiger partial charge in [0.1, 0.15) is 0 Å². The van der Waals surface area contributed by atoms with E-state index in [0.717, 1.165) is 57.9 Å². The Balaban J connectivity index is 0.00000392. The molecule has 0 spiro atoms. The van der Waals surface area contributed by atoms with Gasteiger partial charge in [0.05, 0.1) is 0 Å². The first-order valence-corrected chi connectivity index (χ1v) is 9.84. The van der Waals surface area contributed by atoms with Crippen LogP contribution in [-0.2, 0) is 6.42 Å². The lowest BCUT2D eigenvalue weighted by molar-refractivity contribution is 0.372. The van der Waals surface area contributed by atoms with E-state index in [4.69, 9.17) is 4.52 Å². The number of para-hydroxylation sites is 1. The van der Waals surface area contributed by atoms with Gasteiger partial charge in [0.25, 0.3) is 0 Å². The van der Waals surface area contributed by atoms with Crippen molar-refractivity contribution < 1.29 is 4.52 Å². The predicted octanol–water partition coefficient (Wildman–Crippen LogP) is 3.40. The molecule has 0 bridgehead atoms. The van der Waals surface area contributed by atoms with Crippen LogP contribution in [0.15, 0.2) is 39.8 Å². The lowest BCUT2D eigenvalue weighted by atomic mass is 10.2. The molecule has 2 aromatic rings. The molecule has 0 unspecified atom stereocenters. The van der Waals surface area contributed by atoms with E-state index in [2.05, 4.69) is 74.8 Å². The first-order chi connectivity index (χ1) is 13.2. The van der Waals surface area contributed by atoms with Crippen LogP contribution in [0.1, 0.15) is 38.4 Å². The maximum Gasteiger partial charge on any atom is 0.226 e. The van der Waals surface area contributed by atoms with Crippen LogP contribution < -0.4 is 15.5 Å². The van der Waals surface area contributed by atoms with E-state index >= 15 is 0 Å². The Morgan fingerprint density at radius 1 is 1.14 bits per heavy atom. The van der Waals surface area contributed by atoms with Gasteiger partial charge in [0.2, 0.25) is 5.89 Å². The molecule has 0 aliphatic rings. The van der Waals surface area contributed by atoms with Gasteiger partial charge in [-0.1, -0.05) is 23.4 Å². The van der Waals surface area contributed by atoms with Gasteiger partial charge in [-0.05, 0) is 45.7 Å². The summed E-state index contributed by atoms with van der Waals surface area (Å²) >= 11 is 0. The van der Waals surface area contributed by atoms with Crippen LogP contribution >= 0.6 is 24.0 Å². The van der Waals surface area contributed by atoms with Crippen molar-refractivity contribution in [2.45, 2.75) is 40.0 Å². The summed E-state index contributed by atoms with van der Waals surface area (Å²) in [5.74, 6) is 2.24. The predicted molar refractivity (Wildman–Crippen MR) is 126 cm³/mol. The fourth-order valence-corrected chi connectivity index (χ4v) is 2.79. The molecule has 0 amide bonds. The Morgan fingerprint density at radius 2 is 1.93 bits per heavy atom. The first kappa shape index (κ1) is 24.2. The Kier molecular flexibility index (Phi) is 12.3. The third-order valence-electron chi connectivity index (χ3n) is 4.13. The number of rotatable bonds is 11. The van der Waals surface area contributed by atoms with Gasteiger partial charge >= 0.3 is 0 Å². The number of hydrogen-bond donors (Lipinski definition) is 2. The number of nitrogens with one attached hydrogen (secondary N) is 2. The van der Waals surface area contributed by atoms with Crippen LogP contribution in [-0.4, -0.2) is 48.8 Å². The SMILES string of the molecule is CCNC(=NCCCN(CC)c1ccccc1)NCCCc1nc(C)no1.I. The highest BCUT2D eigenvalue weighted by molar-refractivity contribution is 14.0. The molecule has 0 saturated heterocycles. The van der Waals surface area contributed by atoms with Gasteiger partial charge < -0.3 is 20.1 Å². The minimum Gasteiger partial charge on any atom is -0.372 e. The van der Waals surface area contributed by atoms with Crippen LogP contribution in [0, 0.1) is 6.92 Å². The van der Waals surface area contributed by atoms with Crippen molar-refractivity contribution in [3.63, 3.8) is 0 Å². The summed E-state index contributed by atoms with van der Waals surface area (Å²) in [6.07, 6.45) is 2.71. The second kappa shape index (κ2) is 14.2. The van der Waals surface area contributed by atoms with E-state index in [1.165, 1.54) is 5.69 Å². The molecule has 0 saturated carbocycles. The number of aromatic nitrogens is 2. The average Bonchev–Trinajstić information content (AvgIpc) is 3.11. The van der Waals surface area contributed by atoms with E-state index in [0.29, 0.717) is 11.7 Å². The molecule has 0 atom stereocenters. The second-order valence-corrected chi connectivity index (χ2v) is 6.30. The number of halogens is 1. The largest absolute Gasteiger partial charge is 0.372 e. The van der Waals surface area contributed by atoms with Crippen LogP contribution in [0.25, 0.3) is 0 Å². The van der Waals surface area contributed by atoms with E-state index in [9.17, 15) is 0 Å². The number of nitrogens with zero attached hydrogens (tertiary/aromatic N) is 4. The molecular weight excluding hydrogens is 467 g/mol. The van der Waals surface area contributed by atoms with Crippen molar-refractivity contribution in [2.24, 2.45) is 4.99 Å². The van der Waals surface area contributed by atoms with E-state index in [-0.39, 0.29) is 24.0 Å². The smallest absolute Gasteiger partial charge is 0.226 e. The summed E-state index contributed by atoms with van der Waals surface area (Å²) in [4.78, 5) is 11.3. The van der Waals surface area contributed by atoms with Crippen LogP contribution in [0.3, 0.4) is 0 Å². The molecule has 1 aromatic carbocycles. The van der Waals surface area contributed by atoms with Gasteiger partial charge in [-0.2, -0.15) is 4.98 Å². The molecule has 28 heavy (non-hydrogen) atoms. The summed E-state index contributed by atoms with van der Waals surface area (Å²) in [5.41, 5.74) is 1.27. The molecule has 8 heteroatoms. The fourth-order valence-electron chi connectivity index (χ4n) is 2.79. The number of anilines is 1. The lowest BCUT2D eigenvalue weighted by Crippen LogP contribution is -2.38. The molecule has 1 aromatic heterocycles. The molecule has 1 heterocycles. The summed E-state index contributed by atoms with van der Waals surface area (Å²) < 4.78 is 5.13. The van der Waals surface area contributed by atoms with Crippen molar-refractivity contribution in [3.8, 4) is 0 Å². The molecule has 0 aliphatic heterocycles. The number of benzene rings is 1. The quantitative estimate of drug-likeness (QED) is 0.213. The molecular formula is C20H33IN6O. The molecule has 7 nitrogen and oxygen atoms in total. The molecule has 0 aliphatic carbocycles. The minimum absolute atomic E-state index is 0. The van der Waals surface area contributed by atoms with Crippen molar-refractivity contribution in [3.05, 3.63) is 42.0 Å². The topological polar surface area (TPSA) is 78.6 Å². The van der Waals surface area contributed by atoms with E-state index in [1.807, 2.05) is 6.92 Å². The zero-order valence-corrected chi connectivity index (χ0v) is 19.5. The maximum atomic E-state index is 5.13. The number of aryl methyl sites for hydroxylation is 2. The number of hydrogen-bond acceptors (Lipinski definition) is 5. The van der Waals surface area contributed by atoms with Gasteiger partial charge in [-0.25, -0.2) is 0 Å². The van der Waals surface area contributed by atoms with Crippen LogP contribution in [0.2, 0.25) is 0 Å². The van der Waals surface area contributed by atoms with Crippen molar-refractivity contribution in [2.75, 3.05) is 37.6 Å². The van der Waals surface area contributed by atoms with Crippen molar-refractivity contribution >= 4 is 35.6 Å². The summed E-state index contributed by atoms with van der Waals surface area (Å²) in [7, 11) is 0. The third kappa shape index (κ3) is 8.90. The van der Waals surface area contributed by atoms with Crippen LogP contribution in [0.5, 0.6) is 0 Å². The van der Waals surface area contributed by atoms with Gasteiger partial charge in [-0.15, -0.1) is 24.0 Å². The standard InChI is InChI=1S/C20H32N6O.HI/c1-4-21-20(22-14-9-13-19-24-17(3)25-27-19)23-15-10-16-26(5-2)18-11-7-6-8-12-18;/h6-8,11-12H,4-5,9-10,13-16H2,1-3H3,(H2,21,22,23);1H.